The standard InChI is InChI=1S/C17H26N2O2/c1-13-7-5-6-8-14(13)17(9-11-18)10-12-19(17)15(20)21-16(2,3)4/h5-8H,9-12,18H2,1-4H3. The number of aryl methyl sites for hydroxylation is 1. The molecule has 1 heterocycles. The molecule has 0 aliphatic carbocycles. The van der Waals surface area contributed by atoms with Crippen molar-refractivity contribution in [2.45, 2.75) is 51.7 Å². The fourth-order valence-corrected chi connectivity index (χ4v) is 3.09. The number of benzene rings is 1. The average Bonchev–Trinajstić information content (AvgIpc) is 2.33. The van der Waals surface area contributed by atoms with Crippen LogP contribution in [0.5, 0.6) is 0 Å². The van der Waals surface area contributed by atoms with Crippen molar-refractivity contribution in [2.24, 2.45) is 5.73 Å². The first-order valence-corrected chi connectivity index (χ1v) is 7.57. The van der Waals surface area contributed by atoms with Crippen molar-refractivity contribution in [3.63, 3.8) is 0 Å². The predicted molar refractivity (Wildman–Crippen MR) is 84.1 cm³/mol. The Balaban J connectivity index is 2.31. The van der Waals surface area contributed by atoms with Crippen molar-refractivity contribution >= 4 is 6.09 Å². The van der Waals surface area contributed by atoms with Gasteiger partial charge in [0.2, 0.25) is 0 Å². The molecule has 0 saturated carbocycles. The molecule has 1 aromatic rings. The second-order valence-corrected chi connectivity index (χ2v) is 6.77. The van der Waals surface area contributed by atoms with Crippen LogP contribution in [0.1, 0.15) is 44.7 Å². The van der Waals surface area contributed by atoms with E-state index in [0.717, 1.165) is 19.4 Å². The van der Waals surface area contributed by atoms with E-state index < -0.39 is 5.60 Å². The van der Waals surface area contributed by atoms with Gasteiger partial charge >= 0.3 is 6.09 Å². The van der Waals surface area contributed by atoms with Gasteiger partial charge in [-0.1, -0.05) is 24.3 Å². The van der Waals surface area contributed by atoms with E-state index in [1.165, 1.54) is 11.1 Å². The minimum atomic E-state index is -0.479. The summed E-state index contributed by atoms with van der Waals surface area (Å²) < 4.78 is 5.55. The molecule has 0 radical (unpaired) electrons. The largest absolute Gasteiger partial charge is 0.444 e. The fourth-order valence-electron chi connectivity index (χ4n) is 3.09. The number of amides is 1. The fraction of sp³-hybridized carbons (Fsp3) is 0.588. The molecule has 0 aromatic heterocycles. The Morgan fingerprint density at radius 3 is 2.52 bits per heavy atom. The number of carbonyl (C=O) groups excluding carboxylic acids is 1. The van der Waals surface area contributed by atoms with Crippen LogP contribution in [0, 0.1) is 6.92 Å². The Labute approximate surface area is 127 Å². The van der Waals surface area contributed by atoms with E-state index in [1.54, 1.807) is 0 Å². The predicted octanol–water partition coefficient (Wildman–Crippen LogP) is 3.18. The van der Waals surface area contributed by atoms with Crippen molar-refractivity contribution in [3.05, 3.63) is 35.4 Å². The Morgan fingerprint density at radius 1 is 1.38 bits per heavy atom. The average molecular weight is 290 g/mol. The van der Waals surface area contributed by atoms with Gasteiger partial charge in [-0.25, -0.2) is 4.79 Å². The van der Waals surface area contributed by atoms with Crippen LogP contribution in [0.4, 0.5) is 4.79 Å². The SMILES string of the molecule is Cc1ccccc1C1(CCN)CCN1C(=O)OC(C)(C)C. The summed E-state index contributed by atoms with van der Waals surface area (Å²) in [6.45, 7) is 9.03. The maximum absolute atomic E-state index is 12.5. The summed E-state index contributed by atoms with van der Waals surface area (Å²) in [5.74, 6) is 0. The number of carbonyl (C=O) groups is 1. The molecule has 2 N–H and O–H groups in total. The summed E-state index contributed by atoms with van der Waals surface area (Å²) in [6.07, 6.45) is 1.45. The van der Waals surface area contributed by atoms with Crippen LogP contribution >= 0.6 is 0 Å². The van der Waals surface area contributed by atoms with Gasteiger partial charge in [0.05, 0.1) is 5.54 Å². The molecular formula is C17H26N2O2. The van der Waals surface area contributed by atoms with Gasteiger partial charge in [-0.05, 0) is 58.2 Å². The Bertz CT molecular complexity index is 522. The van der Waals surface area contributed by atoms with Crippen LogP contribution < -0.4 is 5.73 Å². The molecule has 4 nitrogen and oxygen atoms in total. The van der Waals surface area contributed by atoms with Crippen molar-refractivity contribution < 1.29 is 9.53 Å². The highest BCUT2D eigenvalue weighted by atomic mass is 16.6. The van der Waals surface area contributed by atoms with E-state index in [0.29, 0.717) is 6.54 Å². The van der Waals surface area contributed by atoms with Crippen LogP contribution in [0.25, 0.3) is 0 Å². The first-order chi connectivity index (χ1) is 9.80. The summed E-state index contributed by atoms with van der Waals surface area (Å²) in [5.41, 5.74) is 7.42. The third kappa shape index (κ3) is 3.05. The molecule has 1 atom stereocenters. The van der Waals surface area contributed by atoms with Gasteiger partial charge in [0.15, 0.2) is 0 Å². The van der Waals surface area contributed by atoms with Crippen LogP contribution in [-0.4, -0.2) is 29.7 Å². The molecule has 4 heteroatoms. The molecule has 1 aliphatic rings. The molecule has 1 amide bonds. The molecule has 2 rings (SSSR count). The summed E-state index contributed by atoms with van der Waals surface area (Å²) in [6, 6.07) is 8.22. The molecule has 1 unspecified atom stereocenters. The van der Waals surface area contributed by atoms with E-state index in [2.05, 4.69) is 19.1 Å². The molecule has 1 saturated heterocycles. The topological polar surface area (TPSA) is 55.6 Å². The van der Waals surface area contributed by atoms with E-state index in [1.807, 2.05) is 37.8 Å². The van der Waals surface area contributed by atoms with Gasteiger partial charge in [0.1, 0.15) is 5.60 Å². The zero-order valence-corrected chi connectivity index (χ0v) is 13.5. The number of nitrogens with two attached hydrogens (primary N) is 1. The van der Waals surface area contributed by atoms with E-state index >= 15 is 0 Å². The zero-order chi connectivity index (χ0) is 15.7. The third-order valence-electron chi connectivity index (χ3n) is 4.08. The van der Waals surface area contributed by atoms with Gasteiger partial charge in [-0.2, -0.15) is 0 Å². The second kappa shape index (κ2) is 5.68. The molecular weight excluding hydrogens is 264 g/mol. The lowest BCUT2D eigenvalue weighted by Gasteiger charge is -2.53. The smallest absolute Gasteiger partial charge is 0.411 e. The number of rotatable bonds is 3. The highest BCUT2D eigenvalue weighted by Crippen LogP contribution is 2.45. The first-order valence-electron chi connectivity index (χ1n) is 7.57. The molecule has 21 heavy (non-hydrogen) atoms. The van der Waals surface area contributed by atoms with Crippen LogP contribution in [0.15, 0.2) is 24.3 Å². The molecule has 0 spiro atoms. The lowest BCUT2D eigenvalue weighted by molar-refractivity contribution is -0.0506. The summed E-state index contributed by atoms with van der Waals surface area (Å²) in [4.78, 5) is 14.3. The van der Waals surface area contributed by atoms with E-state index in [4.69, 9.17) is 10.5 Å². The lowest BCUT2D eigenvalue weighted by Crippen LogP contribution is -2.61. The Hall–Kier alpha value is -1.55. The minimum absolute atomic E-state index is 0.245. The quantitative estimate of drug-likeness (QED) is 0.930. The number of nitrogens with zero attached hydrogens (tertiary/aromatic N) is 1. The van der Waals surface area contributed by atoms with Crippen LogP contribution in [0.2, 0.25) is 0 Å². The summed E-state index contributed by atoms with van der Waals surface area (Å²) in [5, 5.41) is 0. The van der Waals surface area contributed by atoms with E-state index in [-0.39, 0.29) is 11.6 Å². The molecule has 116 valence electrons. The maximum Gasteiger partial charge on any atom is 0.411 e. The maximum atomic E-state index is 12.5. The Morgan fingerprint density at radius 2 is 2.05 bits per heavy atom. The van der Waals surface area contributed by atoms with Crippen molar-refractivity contribution in [1.82, 2.24) is 4.90 Å². The highest BCUT2D eigenvalue weighted by molar-refractivity contribution is 5.71. The molecule has 1 aromatic carbocycles. The number of hydrogen-bond acceptors (Lipinski definition) is 3. The number of likely N-dealkylation sites (tertiary alicyclic amines) is 1. The number of hydrogen-bond donors (Lipinski definition) is 1. The Kier molecular flexibility index (Phi) is 4.28. The summed E-state index contributed by atoms with van der Waals surface area (Å²) >= 11 is 0. The monoisotopic (exact) mass is 290 g/mol. The second-order valence-electron chi connectivity index (χ2n) is 6.77. The van der Waals surface area contributed by atoms with Crippen LogP contribution in [0.3, 0.4) is 0 Å². The van der Waals surface area contributed by atoms with Gasteiger partial charge in [-0.3, -0.25) is 4.90 Å². The van der Waals surface area contributed by atoms with Gasteiger partial charge in [0.25, 0.3) is 0 Å². The lowest BCUT2D eigenvalue weighted by atomic mass is 9.74. The van der Waals surface area contributed by atoms with Gasteiger partial charge < -0.3 is 10.5 Å². The third-order valence-corrected chi connectivity index (χ3v) is 4.08. The number of ether oxygens (including phenoxy) is 1. The first kappa shape index (κ1) is 15.8. The molecule has 1 aliphatic heterocycles. The normalized spacial score (nSPS) is 21.9. The van der Waals surface area contributed by atoms with E-state index in [9.17, 15) is 4.79 Å². The molecule has 0 bridgehead atoms. The van der Waals surface area contributed by atoms with Gasteiger partial charge in [0, 0.05) is 6.54 Å². The zero-order valence-electron chi connectivity index (χ0n) is 13.5. The van der Waals surface area contributed by atoms with Crippen molar-refractivity contribution in [1.29, 1.82) is 0 Å². The van der Waals surface area contributed by atoms with Crippen LogP contribution in [-0.2, 0) is 10.3 Å². The molecule has 1 fully saturated rings. The van der Waals surface area contributed by atoms with Crippen molar-refractivity contribution in [2.75, 3.05) is 13.1 Å². The minimum Gasteiger partial charge on any atom is -0.444 e. The van der Waals surface area contributed by atoms with Crippen molar-refractivity contribution in [3.8, 4) is 0 Å². The highest BCUT2D eigenvalue weighted by Gasteiger charge is 2.50. The van der Waals surface area contributed by atoms with Gasteiger partial charge in [-0.15, -0.1) is 0 Å². The summed E-state index contributed by atoms with van der Waals surface area (Å²) in [7, 11) is 0.